The van der Waals surface area contributed by atoms with Crippen molar-refractivity contribution in [1.29, 1.82) is 0 Å². The van der Waals surface area contributed by atoms with E-state index >= 15 is 0 Å². The molecule has 4 nitrogen and oxygen atoms in total. The van der Waals surface area contributed by atoms with Gasteiger partial charge in [0.15, 0.2) is 0 Å². The highest BCUT2D eigenvalue weighted by Crippen LogP contribution is 2.12. The average Bonchev–Trinajstić information content (AvgIpc) is 2.47. The summed E-state index contributed by atoms with van der Waals surface area (Å²) in [4.78, 5) is 0. The molecule has 12 heavy (non-hydrogen) atoms. The lowest BCUT2D eigenvalue weighted by Crippen LogP contribution is -2.05. The molecular weight excluding hydrogens is 152 g/mol. The number of pyridine rings is 1. The van der Waals surface area contributed by atoms with Gasteiger partial charge in [0.05, 0.1) is 5.52 Å². The fourth-order valence-corrected chi connectivity index (χ4v) is 1.19. The van der Waals surface area contributed by atoms with Gasteiger partial charge in [0.2, 0.25) is 0 Å². The molecule has 0 saturated heterocycles. The number of hydrogen-bond donors (Lipinski definition) is 1. The van der Waals surface area contributed by atoms with Gasteiger partial charge >= 0.3 is 0 Å². The SMILES string of the molecule is CC(N)c1nnn2ccccc12. The van der Waals surface area contributed by atoms with Crippen molar-refractivity contribution in [2.24, 2.45) is 5.73 Å². The molecule has 1 unspecified atom stereocenters. The van der Waals surface area contributed by atoms with Crippen LogP contribution in [0.1, 0.15) is 18.7 Å². The van der Waals surface area contributed by atoms with Gasteiger partial charge in [-0.15, -0.1) is 5.10 Å². The summed E-state index contributed by atoms with van der Waals surface area (Å²) >= 11 is 0. The molecule has 62 valence electrons. The Morgan fingerprint density at radius 1 is 1.50 bits per heavy atom. The predicted molar refractivity (Wildman–Crippen MR) is 45.6 cm³/mol. The summed E-state index contributed by atoms with van der Waals surface area (Å²) in [6.07, 6.45) is 1.86. The first-order valence-electron chi connectivity index (χ1n) is 3.84. The lowest BCUT2D eigenvalue weighted by atomic mass is 10.2. The molecular formula is C8H10N4. The van der Waals surface area contributed by atoms with Gasteiger partial charge in [0, 0.05) is 12.2 Å². The van der Waals surface area contributed by atoms with Crippen LogP contribution in [0.25, 0.3) is 5.52 Å². The molecule has 2 rings (SSSR count). The Morgan fingerprint density at radius 3 is 3.08 bits per heavy atom. The van der Waals surface area contributed by atoms with Crippen LogP contribution in [-0.4, -0.2) is 14.8 Å². The quantitative estimate of drug-likeness (QED) is 0.673. The molecule has 0 fully saturated rings. The molecule has 2 heterocycles. The number of fused-ring (bicyclic) bond motifs is 1. The number of aromatic nitrogens is 3. The normalized spacial score (nSPS) is 13.5. The van der Waals surface area contributed by atoms with Crippen molar-refractivity contribution >= 4 is 5.52 Å². The zero-order chi connectivity index (χ0) is 8.55. The monoisotopic (exact) mass is 162 g/mol. The molecule has 0 amide bonds. The van der Waals surface area contributed by atoms with E-state index in [1.165, 1.54) is 0 Å². The van der Waals surface area contributed by atoms with E-state index in [0.717, 1.165) is 11.2 Å². The minimum atomic E-state index is -0.0649. The minimum absolute atomic E-state index is 0.0649. The Balaban J connectivity index is 2.70. The van der Waals surface area contributed by atoms with Gasteiger partial charge in [-0.3, -0.25) is 0 Å². The lowest BCUT2D eigenvalue weighted by Gasteiger charge is -1.98. The van der Waals surface area contributed by atoms with Crippen LogP contribution in [0.15, 0.2) is 24.4 Å². The van der Waals surface area contributed by atoms with E-state index in [0.29, 0.717) is 0 Å². The fraction of sp³-hybridized carbons (Fsp3) is 0.250. The van der Waals surface area contributed by atoms with Gasteiger partial charge in [-0.05, 0) is 19.1 Å². The van der Waals surface area contributed by atoms with E-state index in [2.05, 4.69) is 10.3 Å². The van der Waals surface area contributed by atoms with E-state index < -0.39 is 0 Å². The Hall–Kier alpha value is -1.42. The topological polar surface area (TPSA) is 56.2 Å². The molecule has 0 aromatic carbocycles. The molecule has 4 heteroatoms. The first-order valence-corrected chi connectivity index (χ1v) is 3.84. The molecule has 0 spiro atoms. The molecule has 0 radical (unpaired) electrons. The third kappa shape index (κ3) is 0.967. The van der Waals surface area contributed by atoms with E-state index in [1.807, 2.05) is 31.3 Å². The average molecular weight is 162 g/mol. The standard InChI is InChI=1S/C8H10N4/c1-6(9)8-7-4-2-3-5-12(7)11-10-8/h2-6H,9H2,1H3. The Bertz CT molecular complexity index is 391. The summed E-state index contributed by atoms with van der Waals surface area (Å²) in [7, 11) is 0. The van der Waals surface area contributed by atoms with Crippen LogP contribution in [0.5, 0.6) is 0 Å². The van der Waals surface area contributed by atoms with Crippen LogP contribution < -0.4 is 5.73 Å². The van der Waals surface area contributed by atoms with Gasteiger partial charge in [0.1, 0.15) is 5.69 Å². The van der Waals surface area contributed by atoms with Crippen LogP contribution in [0.2, 0.25) is 0 Å². The molecule has 0 aliphatic carbocycles. The predicted octanol–water partition coefficient (Wildman–Crippen LogP) is 0.749. The Morgan fingerprint density at radius 2 is 2.33 bits per heavy atom. The van der Waals surface area contributed by atoms with Gasteiger partial charge in [-0.1, -0.05) is 11.3 Å². The van der Waals surface area contributed by atoms with Crippen molar-refractivity contribution in [3.8, 4) is 0 Å². The van der Waals surface area contributed by atoms with Crippen molar-refractivity contribution in [2.75, 3.05) is 0 Å². The van der Waals surface area contributed by atoms with Crippen molar-refractivity contribution in [3.63, 3.8) is 0 Å². The van der Waals surface area contributed by atoms with Crippen LogP contribution in [0.3, 0.4) is 0 Å². The maximum Gasteiger partial charge on any atom is 0.107 e. The summed E-state index contributed by atoms with van der Waals surface area (Å²) in [6, 6.07) is 5.75. The minimum Gasteiger partial charge on any atom is -0.323 e. The van der Waals surface area contributed by atoms with Gasteiger partial charge in [-0.2, -0.15) is 0 Å². The number of rotatable bonds is 1. The third-order valence-electron chi connectivity index (χ3n) is 1.78. The number of nitrogens with zero attached hydrogens (tertiary/aromatic N) is 3. The molecule has 0 aliphatic heterocycles. The summed E-state index contributed by atoms with van der Waals surface area (Å²) in [6.45, 7) is 1.90. The smallest absolute Gasteiger partial charge is 0.107 e. The van der Waals surface area contributed by atoms with E-state index in [1.54, 1.807) is 4.52 Å². The van der Waals surface area contributed by atoms with Crippen LogP contribution in [0, 0.1) is 0 Å². The first-order chi connectivity index (χ1) is 5.79. The Kier molecular flexibility index (Phi) is 1.55. The highest BCUT2D eigenvalue weighted by Gasteiger charge is 2.08. The molecule has 0 bridgehead atoms. The number of nitrogens with two attached hydrogens (primary N) is 1. The maximum atomic E-state index is 5.71. The molecule has 2 aromatic rings. The second kappa shape index (κ2) is 2.57. The van der Waals surface area contributed by atoms with Gasteiger partial charge in [0.25, 0.3) is 0 Å². The van der Waals surface area contributed by atoms with Gasteiger partial charge in [-0.25, -0.2) is 4.52 Å². The highest BCUT2D eigenvalue weighted by molar-refractivity contribution is 5.51. The summed E-state index contributed by atoms with van der Waals surface area (Å²) in [5.41, 5.74) is 7.53. The fourth-order valence-electron chi connectivity index (χ4n) is 1.19. The molecule has 2 N–H and O–H groups in total. The zero-order valence-electron chi connectivity index (χ0n) is 6.81. The third-order valence-corrected chi connectivity index (χ3v) is 1.78. The lowest BCUT2D eigenvalue weighted by molar-refractivity contribution is 0.764. The zero-order valence-corrected chi connectivity index (χ0v) is 6.81. The second-order valence-electron chi connectivity index (χ2n) is 2.79. The maximum absolute atomic E-state index is 5.71. The van der Waals surface area contributed by atoms with Gasteiger partial charge < -0.3 is 5.73 Å². The van der Waals surface area contributed by atoms with Crippen LogP contribution in [-0.2, 0) is 0 Å². The number of hydrogen-bond acceptors (Lipinski definition) is 3. The highest BCUT2D eigenvalue weighted by atomic mass is 15.4. The van der Waals surface area contributed by atoms with Crippen molar-refractivity contribution in [2.45, 2.75) is 13.0 Å². The van der Waals surface area contributed by atoms with Crippen molar-refractivity contribution < 1.29 is 0 Å². The molecule has 0 aliphatic rings. The summed E-state index contributed by atoms with van der Waals surface area (Å²) in [5.74, 6) is 0. The Labute approximate surface area is 70.0 Å². The largest absolute Gasteiger partial charge is 0.323 e. The molecule has 0 saturated carbocycles. The van der Waals surface area contributed by atoms with E-state index in [-0.39, 0.29) is 6.04 Å². The first kappa shape index (κ1) is 7.24. The summed E-state index contributed by atoms with van der Waals surface area (Å²) in [5, 5.41) is 7.91. The molecule has 2 aromatic heterocycles. The van der Waals surface area contributed by atoms with E-state index in [4.69, 9.17) is 5.73 Å². The van der Waals surface area contributed by atoms with Crippen molar-refractivity contribution in [3.05, 3.63) is 30.1 Å². The van der Waals surface area contributed by atoms with Crippen molar-refractivity contribution in [1.82, 2.24) is 14.8 Å². The van der Waals surface area contributed by atoms with E-state index in [9.17, 15) is 0 Å². The van der Waals surface area contributed by atoms with Crippen LogP contribution in [0.4, 0.5) is 0 Å². The second-order valence-corrected chi connectivity index (χ2v) is 2.79. The molecule has 1 atom stereocenters. The van der Waals surface area contributed by atoms with Crippen LogP contribution >= 0.6 is 0 Å². The summed E-state index contributed by atoms with van der Waals surface area (Å²) < 4.78 is 1.72.